The second-order valence-corrected chi connectivity index (χ2v) is 2.02. The highest BCUT2D eigenvalue weighted by Gasteiger charge is 2.09. The van der Waals surface area contributed by atoms with Gasteiger partial charge in [0.05, 0.1) is 11.8 Å². The molecule has 0 aromatic heterocycles. The zero-order valence-electron chi connectivity index (χ0n) is 6.83. The Kier molecular flexibility index (Phi) is 4.29. The summed E-state index contributed by atoms with van der Waals surface area (Å²) >= 11 is 0. The minimum atomic E-state index is -0.586. The fourth-order valence-electron chi connectivity index (χ4n) is 0.344. The Morgan fingerprint density at radius 1 is 1.64 bits per heavy atom. The van der Waals surface area contributed by atoms with Gasteiger partial charge >= 0.3 is 5.97 Å². The van der Waals surface area contributed by atoms with Gasteiger partial charge in [-0.15, -0.1) is 0 Å². The van der Waals surface area contributed by atoms with E-state index in [1.165, 1.54) is 14.0 Å². The summed E-state index contributed by atoms with van der Waals surface area (Å²) in [4.78, 5) is 10.8. The molecular formula is C7H12O4. The van der Waals surface area contributed by atoms with E-state index in [0.717, 1.165) is 0 Å². The summed E-state index contributed by atoms with van der Waals surface area (Å²) in [7, 11) is 1.43. The van der Waals surface area contributed by atoms with Crippen LogP contribution in [-0.4, -0.2) is 24.5 Å². The minimum absolute atomic E-state index is 0.147. The molecule has 0 amide bonds. The molecule has 0 aliphatic heterocycles. The Morgan fingerprint density at radius 2 is 2.18 bits per heavy atom. The molecule has 0 aromatic rings. The number of aliphatic hydroxyl groups excluding tert-OH is 1. The average Bonchev–Trinajstić information content (AvgIpc) is 2.02. The average molecular weight is 160 g/mol. The summed E-state index contributed by atoms with van der Waals surface area (Å²) in [6.45, 7) is 3.03. The van der Waals surface area contributed by atoms with Crippen molar-refractivity contribution in [3.8, 4) is 0 Å². The molecule has 1 atom stereocenters. The zero-order valence-corrected chi connectivity index (χ0v) is 6.83. The minimum Gasteiger partial charge on any atom is -0.515 e. The van der Waals surface area contributed by atoms with Crippen molar-refractivity contribution in [1.82, 2.24) is 0 Å². The van der Waals surface area contributed by atoms with Crippen molar-refractivity contribution in [1.29, 1.82) is 0 Å². The van der Waals surface area contributed by atoms with Gasteiger partial charge in [-0.05, 0) is 13.8 Å². The number of rotatable bonds is 3. The Morgan fingerprint density at radius 3 is 2.55 bits per heavy atom. The van der Waals surface area contributed by atoms with Gasteiger partial charge in [-0.25, -0.2) is 4.79 Å². The molecule has 0 aliphatic rings. The summed E-state index contributed by atoms with van der Waals surface area (Å²) in [6.07, 6.45) is 0.113. The normalized spacial score (nSPS) is 14.3. The van der Waals surface area contributed by atoms with E-state index in [1.54, 1.807) is 6.92 Å². The van der Waals surface area contributed by atoms with Gasteiger partial charge in [0.15, 0.2) is 6.29 Å². The third-order valence-electron chi connectivity index (χ3n) is 1.12. The molecule has 4 heteroatoms. The lowest BCUT2D eigenvalue weighted by Crippen LogP contribution is -2.16. The van der Waals surface area contributed by atoms with E-state index in [1.807, 2.05) is 0 Å². The number of hydrogen-bond donors (Lipinski definition) is 1. The van der Waals surface area contributed by atoms with Crippen molar-refractivity contribution in [2.75, 3.05) is 7.11 Å². The van der Waals surface area contributed by atoms with Crippen LogP contribution in [0.3, 0.4) is 0 Å². The van der Waals surface area contributed by atoms with E-state index in [2.05, 4.69) is 9.47 Å². The van der Waals surface area contributed by atoms with Crippen molar-refractivity contribution in [3.05, 3.63) is 11.8 Å². The second-order valence-electron chi connectivity index (χ2n) is 2.02. The lowest BCUT2D eigenvalue weighted by Gasteiger charge is -2.09. The van der Waals surface area contributed by atoms with Gasteiger partial charge < -0.3 is 14.6 Å². The van der Waals surface area contributed by atoms with Gasteiger partial charge in [0, 0.05) is 7.11 Å². The van der Waals surface area contributed by atoms with E-state index in [-0.39, 0.29) is 5.57 Å². The lowest BCUT2D eigenvalue weighted by molar-refractivity contribution is -0.165. The third-order valence-corrected chi connectivity index (χ3v) is 1.12. The molecule has 4 nitrogen and oxygen atoms in total. The van der Waals surface area contributed by atoms with Crippen LogP contribution < -0.4 is 0 Å². The van der Waals surface area contributed by atoms with E-state index < -0.39 is 12.3 Å². The first-order valence-corrected chi connectivity index (χ1v) is 3.16. The first-order chi connectivity index (χ1) is 5.11. The van der Waals surface area contributed by atoms with E-state index >= 15 is 0 Å². The fraction of sp³-hybridized carbons (Fsp3) is 0.571. The number of methoxy groups -OCH3 is 1. The smallest absolute Gasteiger partial charge is 0.339 e. The molecule has 0 saturated heterocycles. The number of carbonyl (C=O) groups is 1. The monoisotopic (exact) mass is 160 g/mol. The standard InChI is InChI=1S/C7H12O4/c1-5(4-8)7(9)11-6(2)10-3/h4,6,8H,1-3H3/b5-4+. The predicted molar refractivity (Wildman–Crippen MR) is 38.9 cm³/mol. The molecule has 1 N–H and O–H groups in total. The van der Waals surface area contributed by atoms with E-state index in [9.17, 15) is 4.79 Å². The van der Waals surface area contributed by atoms with Crippen LogP contribution in [-0.2, 0) is 14.3 Å². The first-order valence-electron chi connectivity index (χ1n) is 3.16. The van der Waals surface area contributed by atoms with Crippen LogP contribution in [0.1, 0.15) is 13.8 Å². The predicted octanol–water partition coefficient (Wildman–Crippen LogP) is 0.984. The van der Waals surface area contributed by atoms with Crippen molar-refractivity contribution in [2.24, 2.45) is 0 Å². The largest absolute Gasteiger partial charge is 0.515 e. The van der Waals surface area contributed by atoms with Crippen LogP contribution in [0.2, 0.25) is 0 Å². The van der Waals surface area contributed by atoms with Gasteiger partial charge in [-0.2, -0.15) is 0 Å². The molecule has 0 aromatic carbocycles. The Bertz CT molecular complexity index is 162. The molecular weight excluding hydrogens is 148 g/mol. The summed E-state index contributed by atoms with van der Waals surface area (Å²) in [5.74, 6) is -0.582. The summed E-state index contributed by atoms with van der Waals surface area (Å²) in [5, 5.41) is 8.39. The number of hydrogen-bond acceptors (Lipinski definition) is 4. The summed E-state index contributed by atoms with van der Waals surface area (Å²) < 4.78 is 9.33. The molecule has 1 unspecified atom stereocenters. The summed E-state index contributed by atoms with van der Waals surface area (Å²) in [6, 6.07) is 0. The molecule has 0 aliphatic carbocycles. The molecule has 0 fully saturated rings. The Labute approximate surface area is 65.4 Å². The van der Waals surface area contributed by atoms with Crippen molar-refractivity contribution in [3.63, 3.8) is 0 Å². The molecule has 0 heterocycles. The van der Waals surface area contributed by atoms with Gasteiger partial charge in [0.2, 0.25) is 0 Å². The van der Waals surface area contributed by atoms with Gasteiger partial charge in [0.1, 0.15) is 0 Å². The number of aliphatic hydroxyl groups is 1. The highest BCUT2D eigenvalue weighted by Crippen LogP contribution is 1.99. The number of carbonyl (C=O) groups excluding carboxylic acids is 1. The third kappa shape index (κ3) is 3.62. The second kappa shape index (κ2) is 4.73. The van der Waals surface area contributed by atoms with Crippen molar-refractivity contribution >= 4 is 5.97 Å². The molecule has 0 radical (unpaired) electrons. The molecule has 64 valence electrons. The number of esters is 1. The molecule has 0 bridgehead atoms. The highest BCUT2D eigenvalue weighted by atomic mass is 16.7. The van der Waals surface area contributed by atoms with Crippen LogP contribution in [0.25, 0.3) is 0 Å². The SMILES string of the molecule is COC(C)OC(=O)/C(C)=C/O. The van der Waals surface area contributed by atoms with Crippen molar-refractivity contribution < 1.29 is 19.4 Å². The van der Waals surface area contributed by atoms with Gasteiger partial charge in [0.25, 0.3) is 0 Å². The number of ether oxygens (including phenoxy) is 2. The van der Waals surface area contributed by atoms with Crippen LogP contribution in [0, 0.1) is 0 Å². The van der Waals surface area contributed by atoms with Crippen LogP contribution in [0.4, 0.5) is 0 Å². The maximum absolute atomic E-state index is 10.8. The van der Waals surface area contributed by atoms with Crippen LogP contribution in [0.15, 0.2) is 11.8 Å². The fourth-order valence-corrected chi connectivity index (χ4v) is 0.344. The summed E-state index contributed by atoms with van der Waals surface area (Å²) in [5.41, 5.74) is 0.147. The molecule has 11 heavy (non-hydrogen) atoms. The maximum Gasteiger partial charge on any atom is 0.339 e. The Balaban J connectivity index is 3.88. The quantitative estimate of drug-likeness (QED) is 0.289. The first kappa shape index (κ1) is 9.97. The highest BCUT2D eigenvalue weighted by molar-refractivity contribution is 5.87. The molecule has 0 rings (SSSR count). The van der Waals surface area contributed by atoms with Crippen LogP contribution in [0.5, 0.6) is 0 Å². The topological polar surface area (TPSA) is 55.8 Å². The van der Waals surface area contributed by atoms with Gasteiger partial charge in [-0.3, -0.25) is 0 Å². The van der Waals surface area contributed by atoms with Crippen LogP contribution >= 0.6 is 0 Å². The Hall–Kier alpha value is -1.03. The maximum atomic E-state index is 10.8. The van der Waals surface area contributed by atoms with E-state index in [4.69, 9.17) is 5.11 Å². The van der Waals surface area contributed by atoms with E-state index in [0.29, 0.717) is 6.26 Å². The van der Waals surface area contributed by atoms with Crippen molar-refractivity contribution in [2.45, 2.75) is 20.1 Å². The zero-order chi connectivity index (χ0) is 8.85. The van der Waals surface area contributed by atoms with Gasteiger partial charge in [-0.1, -0.05) is 0 Å². The lowest BCUT2D eigenvalue weighted by atomic mass is 10.3. The molecule has 0 saturated carbocycles. The molecule has 0 spiro atoms.